The van der Waals surface area contributed by atoms with Gasteiger partial charge in [0.15, 0.2) is 0 Å². The summed E-state index contributed by atoms with van der Waals surface area (Å²) >= 11 is 0. The molecular formula is C20H27N3O2. The second kappa shape index (κ2) is 7.00. The molecule has 2 aromatic rings. The number of benzene rings is 1. The molecule has 0 atom stereocenters. The molecule has 25 heavy (non-hydrogen) atoms. The number of piperidine rings is 1. The summed E-state index contributed by atoms with van der Waals surface area (Å²) in [5, 5.41) is 6.31. The monoisotopic (exact) mass is 341 g/mol. The van der Waals surface area contributed by atoms with Gasteiger partial charge >= 0.3 is 5.97 Å². The van der Waals surface area contributed by atoms with Crippen LogP contribution in [0.2, 0.25) is 0 Å². The summed E-state index contributed by atoms with van der Waals surface area (Å²) < 4.78 is 2.03. The Kier molecular flexibility index (Phi) is 4.95. The summed E-state index contributed by atoms with van der Waals surface area (Å²) in [5.74, 6) is 0.254. The Hall–Kier alpha value is -2.14. The van der Waals surface area contributed by atoms with E-state index in [2.05, 4.69) is 42.4 Å². The van der Waals surface area contributed by atoms with Crippen molar-refractivity contribution in [3.05, 3.63) is 47.8 Å². The van der Waals surface area contributed by atoms with E-state index in [9.17, 15) is 4.79 Å². The van der Waals surface area contributed by atoms with Gasteiger partial charge in [-0.05, 0) is 58.7 Å². The Morgan fingerprint density at radius 2 is 1.76 bits per heavy atom. The maximum Gasteiger partial charge on any atom is 0.330 e. The summed E-state index contributed by atoms with van der Waals surface area (Å²) in [7, 11) is 0. The standard InChI is InChI=1S/C20H27N3O2/c1-15-5-7-17(8-6-15)23-18(9-12-21-23)16-10-13-22(14-11-16)25-19(24)20(2,3)4/h5-9,12,16H,10-11,13-14H2,1-4H3. The summed E-state index contributed by atoms with van der Waals surface area (Å²) in [5.41, 5.74) is 3.09. The van der Waals surface area contributed by atoms with Gasteiger partial charge in [0.25, 0.3) is 0 Å². The van der Waals surface area contributed by atoms with Gasteiger partial charge in [-0.1, -0.05) is 17.7 Å². The molecule has 1 aliphatic rings. The highest BCUT2D eigenvalue weighted by Gasteiger charge is 2.29. The lowest BCUT2D eigenvalue weighted by Crippen LogP contribution is -2.38. The van der Waals surface area contributed by atoms with Gasteiger partial charge in [-0.2, -0.15) is 5.10 Å². The molecule has 134 valence electrons. The maximum absolute atomic E-state index is 12.0. The Labute approximate surface area is 149 Å². The lowest BCUT2D eigenvalue weighted by atomic mass is 9.94. The van der Waals surface area contributed by atoms with Crippen LogP contribution in [-0.4, -0.2) is 33.9 Å². The Balaban J connectivity index is 1.65. The van der Waals surface area contributed by atoms with Crippen LogP contribution >= 0.6 is 0 Å². The number of hydroxylamine groups is 2. The first-order chi connectivity index (χ1) is 11.8. The molecule has 0 aliphatic carbocycles. The molecule has 0 saturated carbocycles. The van der Waals surface area contributed by atoms with Crippen molar-refractivity contribution in [3.8, 4) is 5.69 Å². The van der Waals surface area contributed by atoms with E-state index in [0.29, 0.717) is 5.92 Å². The van der Waals surface area contributed by atoms with Crippen LogP contribution < -0.4 is 0 Å². The molecule has 1 aliphatic heterocycles. The fourth-order valence-electron chi connectivity index (χ4n) is 3.02. The molecule has 0 amide bonds. The highest BCUT2D eigenvalue weighted by molar-refractivity contribution is 5.75. The van der Waals surface area contributed by atoms with Gasteiger partial charge in [0.05, 0.1) is 11.1 Å². The van der Waals surface area contributed by atoms with Crippen molar-refractivity contribution in [2.45, 2.75) is 46.5 Å². The van der Waals surface area contributed by atoms with Crippen LogP contribution in [0, 0.1) is 12.3 Å². The van der Waals surface area contributed by atoms with Gasteiger partial charge in [-0.25, -0.2) is 9.48 Å². The first-order valence-electron chi connectivity index (χ1n) is 8.93. The number of carbonyl (C=O) groups excluding carboxylic acids is 1. The summed E-state index contributed by atoms with van der Waals surface area (Å²) in [4.78, 5) is 17.6. The van der Waals surface area contributed by atoms with Crippen molar-refractivity contribution >= 4 is 5.97 Å². The summed E-state index contributed by atoms with van der Waals surface area (Å²) in [6, 6.07) is 10.5. The third kappa shape index (κ3) is 4.10. The first-order valence-corrected chi connectivity index (χ1v) is 8.93. The van der Waals surface area contributed by atoms with E-state index in [1.54, 1.807) is 5.06 Å². The molecule has 5 nitrogen and oxygen atoms in total. The summed E-state index contributed by atoms with van der Waals surface area (Å²) in [6.07, 6.45) is 3.77. The SMILES string of the molecule is Cc1ccc(-n2nccc2C2CCN(OC(=O)C(C)(C)C)CC2)cc1. The molecule has 1 aromatic heterocycles. The second-order valence-electron chi connectivity index (χ2n) is 7.84. The van der Waals surface area contributed by atoms with Crippen LogP contribution in [0.4, 0.5) is 0 Å². The molecule has 0 radical (unpaired) electrons. The van der Waals surface area contributed by atoms with Gasteiger partial charge in [-0.15, -0.1) is 5.06 Å². The van der Waals surface area contributed by atoms with Crippen molar-refractivity contribution in [1.29, 1.82) is 0 Å². The van der Waals surface area contributed by atoms with Gasteiger partial charge in [0.2, 0.25) is 0 Å². The Morgan fingerprint density at radius 1 is 1.12 bits per heavy atom. The van der Waals surface area contributed by atoms with E-state index >= 15 is 0 Å². The molecule has 0 bridgehead atoms. The minimum Gasteiger partial charge on any atom is -0.367 e. The molecule has 1 fully saturated rings. The molecule has 2 heterocycles. The second-order valence-corrected chi connectivity index (χ2v) is 7.84. The average Bonchev–Trinajstić information content (AvgIpc) is 3.05. The predicted molar refractivity (Wildman–Crippen MR) is 97.4 cm³/mol. The average molecular weight is 341 g/mol. The van der Waals surface area contributed by atoms with E-state index in [4.69, 9.17) is 4.84 Å². The molecule has 0 unspecified atom stereocenters. The largest absolute Gasteiger partial charge is 0.367 e. The molecule has 0 spiro atoms. The number of aryl methyl sites for hydroxylation is 1. The number of hydrogen-bond acceptors (Lipinski definition) is 4. The van der Waals surface area contributed by atoms with Crippen molar-refractivity contribution in [3.63, 3.8) is 0 Å². The maximum atomic E-state index is 12.0. The predicted octanol–water partition coefficient (Wildman–Crippen LogP) is 3.86. The van der Waals surface area contributed by atoms with E-state index in [1.165, 1.54) is 11.3 Å². The van der Waals surface area contributed by atoms with Crippen LogP contribution in [-0.2, 0) is 9.63 Å². The van der Waals surface area contributed by atoms with Gasteiger partial charge in [0, 0.05) is 30.9 Å². The zero-order valence-corrected chi connectivity index (χ0v) is 15.5. The number of rotatable bonds is 3. The Bertz CT molecular complexity index is 720. The van der Waals surface area contributed by atoms with Crippen molar-refractivity contribution in [2.24, 2.45) is 5.41 Å². The van der Waals surface area contributed by atoms with E-state index in [-0.39, 0.29) is 5.97 Å². The summed E-state index contributed by atoms with van der Waals surface area (Å²) in [6.45, 7) is 9.23. The van der Waals surface area contributed by atoms with E-state index in [0.717, 1.165) is 31.6 Å². The van der Waals surface area contributed by atoms with E-state index in [1.807, 2.05) is 31.6 Å². The van der Waals surface area contributed by atoms with Gasteiger partial charge in [-0.3, -0.25) is 0 Å². The minimum absolute atomic E-state index is 0.171. The van der Waals surface area contributed by atoms with Crippen LogP contribution in [0.3, 0.4) is 0 Å². The van der Waals surface area contributed by atoms with Gasteiger partial charge < -0.3 is 4.84 Å². The number of nitrogens with zero attached hydrogens (tertiary/aromatic N) is 3. The van der Waals surface area contributed by atoms with Crippen molar-refractivity contribution in [2.75, 3.05) is 13.1 Å². The number of carbonyl (C=O) groups is 1. The van der Waals surface area contributed by atoms with Crippen LogP contribution in [0.1, 0.15) is 50.8 Å². The third-order valence-corrected chi connectivity index (χ3v) is 4.65. The topological polar surface area (TPSA) is 47.4 Å². The van der Waals surface area contributed by atoms with Crippen molar-refractivity contribution < 1.29 is 9.63 Å². The molecule has 3 rings (SSSR count). The van der Waals surface area contributed by atoms with Crippen LogP contribution in [0.25, 0.3) is 5.69 Å². The third-order valence-electron chi connectivity index (χ3n) is 4.65. The zero-order chi connectivity index (χ0) is 18.0. The molecule has 5 heteroatoms. The molecule has 1 saturated heterocycles. The smallest absolute Gasteiger partial charge is 0.330 e. The molecule has 1 aromatic carbocycles. The minimum atomic E-state index is -0.471. The lowest BCUT2D eigenvalue weighted by molar-refractivity contribution is -0.204. The first kappa shape index (κ1) is 17.7. The van der Waals surface area contributed by atoms with Gasteiger partial charge in [0.1, 0.15) is 0 Å². The normalized spacial score (nSPS) is 16.8. The number of aromatic nitrogens is 2. The fraction of sp³-hybridized carbons (Fsp3) is 0.500. The van der Waals surface area contributed by atoms with E-state index < -0.39 is 5.41 Å². The Morgan fingerprint density at radius 3 is 2.36 bits per heavy atom. The fourth-order valence-corrected chi connectivity index (χ4v) is 3.02. The highest BCUT2D eigenvalue weighted by Crippen LogP contribution is 2.30. The van der Waals surface area contributed by atoms with Crippen LogP contribution in [0.5, 0.6) is 0 Å². The molecular weight excluding hydrogens is 314 g/mol. The zero-order valence-electron chi connectivity index (χ0n) is 15.5. The lowest BCUT2D eigenvalue weighted by Gasteiger charge is -2.32. The van der Waals surface area contributed by atoms with Crippen molar-refractivity contribution in [1.82, 2.24) is 14.8 Å². The molecule has 0 N–H and O–H groups in total. The number of hydrogen-bond donors (Lipinski definition) is 0. The van der Waals surface area contributed by atoms with Crippen LogP contribution in [0.15, 0.2) is 36.5 Å². The highest BCUT2D eigenvalue weighted by atomic mass is 16.7. The quantitative estimate of drug-likeness (QED) is 0.850.